The van der Waals surface area contributed by atoms with Crippen molar-refractivity contribution in [3.63, 3.8) is 0 Å². The Morgan fingerprint density at radius 1 is 0.926 bits per heavy atom. The number of hydrogen-bond donors (Lipinski definition) is 1. The van der Waals surface area contributed by atoms with Crippen LogP contribution in [0.1, 0.15) is 0 Å². The van der Waals surface area contributed by atoms with Crippen LogP contribution < -0.4 is 14.5 Å². The van der Waals surface area contributed by atoms with Crippen LogP contribution in [0.2, 0.25) is 0 Å². The molecule has 4 rings (SSSR count). The van der Waals surface area contributed by atoms with Crippen molar-refractivity contribution in [3.05, 3.63) is 35.7 Å². The SMILES string of the molecule is O=S(=O)(Nc1ccc(N2CCOCC2)cc1N1CCOCC1)c1cccs1. The van der Waals surface area contributed by atoms with Gasteiger partial charge in [0.1, 0.15) is 4.21 Å². The highest BCUT2D eigenvalue weighted by molar-refractivity contribution is 7.94. The van der Waals surface area contributed by atoms with Crippen molar-refractivity contribution in [3.8, 4) is 0 Å². The van der Waals surface area contributed by atoms with Crippen LogP contribution in [0.3, 0.4) is 0 Å². The molecule has 2 aromatic rings. The Labute approximate surface area is 163 Å². The lowest BCUT2D eigenvalue weighted by atomic mass is 10.2. The first kappa shape index (κ1) is 18.5. The second-order valence-electron chi connectivity index (χ2n) is 6.44. The fourth-order valence-electron chi connectivity index (χ4n) is 3.30. The number of rotatable bonds is 5. The van der Waals surface area contributed by atoms with Crippen LogP contribution in [0.15, 0.2) is 39.9 Å². The number of thiophene rings is 1. The molecule has 1 aromatic heterocycles. The Morgan fingerprint density at radius 3 is 2.22 bits per heavy atom. The van der Waals surface area contributed by atoms with Crippen LogP contribution in [0.4, 0.5) is 17.1 Å². The van der Waals surface area contributed by atoms with E-state index in [9.17, 15) is 8.42 Å². The number of sulfonamides is 1. The second kappa shape index (κ2) is 8.05. The Bertz CT molecular complexity index is 859. The lowest BCUT2D eigenvalue weighted by Gasteiger charge is -2.33. The number of benzene rings is 1. The van der Waals surface area contributed by atoms with Gasteiger partial charge in [-0.3, -0.25) is 4.72 Å². The highest BCUT2D eigenvalue weighted by atomic mass is 32.2. The van der Waals surface area contributed by atoms with Crippen LogP contribution >= 0.6 is 11.3 Å². The molecule has 1 aromatic carbocycles. The van der Waals surface area contributed by atoms with Gasteiger partial charge in [0.05, 0.1) is 37.8 Å². The summed E-state index contributed by atoms with van der Waals surface area (Å²) in [6.45, 7) is 5.84. The standard InChI is InChI=1S/C18H23N3O4S2/c22-27(23,18-2-1-13-26-18)19-16-4-3-15(20-5-9-24-10-6-20)14-17(16)21-7-11-25-12-8-21/h1-4,13-14,19H,5-12H2. The molecule has 0 saturated carbocycles. The predicted octanol–water partition coefficient (Wildman–Crippen LogP) is 2.22. The molecule has 0 radical (unpaired) electrons. The van der Waals surface area contributed by atoms with Crippen LogP contribution in [-0.2, 0) is 19.5 Å². The third-order valence-corrected chi connectivity index (χ3v) is 7.48. The first-order chi connectivity index (χ1) is 13.1. The molecule has 1 N–H and O–H groups in total. The van der Waals surface area contributed by atoms with E-state index in [-0.39, 0.29) is 0 Å². The van der Waals surface area contributed by atoms with Crippen molar-refractivity contribution < 1.29 is 17.9 Å². The zero-order valence-electron chi connectivity index (χ0n) is 15.0. The molecule has 0 unspecified atom stereocenters. The molecule has 0 bridgehead atoms. The van der Waals surface area contributed by atoms with Crippen molar-refractivity contribution in [2.75, 3.05) is 67.1 Å². The number of nitrogens with one attached hydrogen (secondary N) is 1. The molecule has 146 valence electrons. The van der Waals surface area contributed by atoms with Crippen molar-refractivity contribution >= 4 is 38.4 Å². The Morgan fingerprint density at radius 2 is 1.59 bits per heavy atom. The third-order valence-electron chi connectivity index (χ3n) is 4.71. The molecular weight excluding hydrogens is 386 g/mol. The summed E-state index contributed by atoms with van der Waals surface area (Å²) >= 11 is 1.21. The van der Waals surface area contributed by atoms with Gasteiger partial charge in [0.25, 0.3) is 10.0 Å². The van der Waals surface area contributed by atoms with E-state index in [2.05, 4.69) is 20.6 Å². The summed E-state index contributed by atoms with van der Waals surface area (Å²) in [5.74, 6) is 0. The highest BCUT2D eigenvalue weighted by Gasteiger charge is 2.22. The third kappa shape index (κ3) is 4.21. The quantitative estimate of drug-likeness (QED) is 0.817. The van der Waals surface area contributed by atoms with E-state index in [1.807, 2.05) is 12.1 Å². The van der Waals surface area contributed by atoms with E-state index in [0.29, 0.717) is 36.3 Å². The van der Waals surface area contributed by atoms with Gasteiger partial charge in [-0.1, -0.05) is 6.07 Å². The maximum absolute atomic E-state index is 12.7. The van der Waals surface area contributed by atoms with Gasteiger partial charge in [-0.25, -0.2) is 8.42 Å². The normalized spacial score (nSPS) is 18.5. The van der Waals surface area contributed by atoms with E-state index < -0.39 is 10.0 Å². The van der Waals surface area contributed by atoms with E-state index >= 15 is 0 Å². The first-order valence-electron chi connectivity index (χ1n) is 8.99. The molecule has 2 saturated heterocycles. The molecule has 9 heteroatoms. The van der Waals surface area contributed by atoms with Gasteiger partial charge < -0.3 is 19.3 Å². The van der Waals surface area contributed by atoms with Gasteiger partial charge in [0, 0.05) is 31.9 Å². The smallest absolute Gasteiger partial charge is 0.271 e. The average Bonchev–Trinajstić information content (AvgIpc) is 3.25. The van der Waals surface area contributed by atoms with Crippen LogP contribution in [0, 0.1) is 0 Å². The average molecular weight is 410 g/mol. The molecule has 0 atom stereocenters. The second-order valence-corrected chi connectivity index (χ2v) is 9.29. The molecular formula is C18H23N3O4S2. The highest BCUT2D eigenvalue weighted by Crippen LogP contribution is 2.34. The van der Waals surface area contributed by atoms with Crippen molar-refractivity contribution in [2.45, 2.75) is 4.21 Å². The van der Waals surface area contributed by atoms with Crippen molar-refractivity contribution in [1.29, 1.82) is 0 Å². The van der Waals surface area contributed by atoms with Gasteiger partial charge in [-0.15, -0.1) is 11.3 Å². The molecule has 0 spiro atoms. The summed E-state index contributed by atoms with van der Waals surface area (Å²) < 4.78 is 39.4. The van der Waals surface area contributed by atoms with Gasteiger partial charge in [0.15, 0.2) is 0 Å². The van der Waals surface area contributed by atoms with E-state index in [4.69, 9.17) is 9.47 Å². The minimum Gasteiger partial charge on any atom is -0.378 e. The molecule has 27 heavy (non-hydrogen) atoms. The lowest BCUT2D eigenvalue weighted by Crippen LogP contribution is -2.38. The van der Waals surface area contributed by atoms with Gasteiger partial charge in [0.2, 0.25) is 0 Å². The number of morpholine rings is 2. The zero-order chi connectivity index (χ0) is 18.7. The van der Waals surface area contributed by atoms with Crippen LogP contribution in [0.25, 0.3) is 0 Å². The summed E-state index contributed by atoms with van der Waals surface area (Å²) in [6.07, 6.45) is 0. The maximum Gasteiger partial charge on any atom is 0.271 e. The Kier molecular flexibility index (Phi) is 5.53. The van der Waals surface area contributed by atoms with Gasteiger partial charge >= 0.3 is 0 Å². The minimum atomic E-state index is -3.59. The predicted molar refractivity (Wildman–Crippen MR) is 108 cm³/mol. The summed E-state index contributed by atoms with van der Waals surface area (Å²) in [4.78, 5) is 4.45. The fourth-order valence-corrected chi connectivity index (χ4v) is 5.37. The minimum absolute atomic E-state index is 0.313. The van der Waals surface area contributed by atoms with E-state index in [0.717, 1.165) is 37.6 Å². The van der Waals surface area contributed by atoms with Crippen LogP contribution in [-0.4, -0.2) is 61.0 Å². The summed E-state index contributed by atoms with van der Waals surface area (Å²) in [5, 5.41) is 1.76. The van der Waals surface area contributed by atoms with Crippen molar-refractivity contribution in [1.82, 2.24) is 0 Å². The molecule has 2 aliphatic heterocycles. The van der Waals surface area contributed by atoms with Gasteiger partial charge in [-0.05, 0) is 29.6 Å². The number of nitrogens with zero attached hydrogens (tertiary/aromatic N) is 2. The molecule has 3 heterocycles. The summed E-state index contributed by atoms with van der Waals surface area (Å²) in [5.41, 5.74) is 2.57. The lowest BCUT2D eigenvalue weighted by molar-refractivity contribution is 0.122. The number of hydrogen-bond acceptors (Lipinski definition) is 7. The number of anilines is 3. The summed E-state index contributed by atoms with van der Waals surface area (Å²) in [7, 11) is -3.59. The molecule has 2 fully saturated rings. The van der Waals surface area contributed by atoms with Gasteiger partial charge in [-0.2, -0.15) is 0 Å². The topological polar surface area (TPSA) is 71.1 Å². The largest absolute Gasteiger partial charge is 0.378 e. The monoisotopic (exact) mass is 409 g/mol. The summed E-state index contributed by atoms with van der Waals surface area (Å²) in [6, 6.07) is 9.26. The zero-order valence-corrected chi connectivity index (χ0v) is 16.6. The number of ether oxygens (including phenoxy) is 2. The first-order valence-corrected chi connectivity index (χ1v) is 11.4. The van der Waals surface area contributed by atoms with Crippen molar-refractivity contribution in [2.24, 2.45) is 0 Å². The van der Waals surface area contributed by atoms with E-state index in [1.54, 1.807) is 17.5 Å². The van der Waals surface area contributed by atoms with E-state index in [1.165, 1.54) is 11.3 Å². The van der Waals surface area contributed by atoms with Crippen LogP contribution in [0.5, 0.6) is 0 Å². The fraction of sp³-hybridized carbons (Fsp3) is 0.444. The molecule has 0 aliphatic carbocycles. The maximum atomic E-state index is 12.7. The Hall–Kier alpha value is -1.81. The molecule has 2 aliphatic rings. The Balaban J connectivity index is 1.67. The molecule has 7 nitrogen and oxygen atoms in total. The molecule has 0 amide bonds.